The van der Waals surface area contributed by atoms with E-state index >= 15 is 0 Å². The lowest BCUT2D eigenvalue weighted by Gasteiger charge is -2.31. The van der Waals surface area contributed by atoms with Crippen molar-refractivity contribution < 1.29 is 19.1 Å². The summed E-state index contributed by atoms with van der Waals surface area (Å²) in [5.41, 5.74) is 1.41. The van der Waals surface area contributed by atoms with Crippen LogP contribution >= 0.6 is 24.8 Å². The maximum absolute atomic E-state index is 14.1. The second-order valence-corrected chi connectivity index (χ2v) is 11.7. The van der Waals surface area contributed by atoms with E-state index in [1.54, 1.807) is 0 Å². The number of carbonyl (C=O) groups is 2. The summed E-state index contributed by atoms with van der Waals surface area (Å²) in [6.45, 7) is 10.6. The molecule has 2 aromatic carbocycles. The monoisotopic (exact) mass is 634 g/mol. The average molecular weight is 636 g/mol. The largest absolute Gasteiger partial charge is 0.494 e. The van der Waals surface area contributed by atoms with Gasteiger partial charge in [-0.1, -0.05) is 25.7 Å². The minimum atomic E-state index is -0.241. The Balaban J connectivity index is 0.00000323. The number of hydrogen-bond donors (Lipinski definition) is 0. The second-order valence-electron chi connectivity index (χ2n) is 11.7. The van der Waals surface area contributed by atoms with Gasteiger partial charge in [0.2, 0.25) is 0 Å². The number of Topliss-reactive ketones (excluding diaryl/α,β-unsaturated/α-hetero) is 2. The summed E-state index contributed by atoms with van der Waals surface area (Å²) in [5.74, 6) is 1.34. The van der Waals surface area contributed by atoms with E-state index in [0.29, 0.717) is 43.9 Å². The number of rotatable bonds is 14. The van der Waals surface area contributed by atoms with Crippen molar-refractivity contribution in [3.05, 3.63) is 59.7 Å². The molecule has 0 N–H and O–H groups in total. The van der Waals surface area contributed by atoms with E-state index in [4.69, 9.17) is 9.47 Å². The Labute approximate surface area is 271 Å². The van der Waals surface area contributed by atoms with E-state index in [9.17, 15) is 9.59 Å². The molecule has 0 spiro atoms. The van der Waals surface area contributed by atoms with Crippen molar-refractivity contribution in [2.45, 2.75) is 71.6 Å². The van der Waals surface area contributed by atoms with Crippen LogP contribution in [0.1, 0.15) is 92.4 Å². The number of ketones is 2. The first-order valence-corrected chi connectivity index (χ1v) is 16.1. The third kappa shape index (κ3) is 11.7. The highest BCUT2D eigenvalue weighted by Gasteiger charge is 2.32. The van der Waals surface area contributed by atoms with E-state index in [2.05, 4.69) is 9.80 Å². The standard InChI is InChI=1S/C35H50N2O4.2ClH/c1-3-40-32-17-13-28(14-18-32)34(38)30(26-36-21-9-5-6-10-22-36)25-31(27-37-23-11-7-8-12-24-37)35(39)29-15-19-33(20-16-29)41-4-2;;/h13-20,30-31H,3-12,21-27H2,1-2H3;2*1H. The summed E-state index contributed by atoms with van der Waals surface area (Å²) in [6, 6.07) is 15.1. The first-order chi connectivity index (χ1) is 20.1. The van der Waals surface area contributed by atoms with Gasteiger partial charge in [-0.3, -0.25) is 9.59 Å². The van der Waals surface area contributed by atoms with Crippen LogP contribution in [0, 0.1) is 11.8 Å². The maximum Gasteiger partial charge on any atom is 0.167 e. The van der Waals surface area contributed by atoms with Gasteiger partial charge in [-0.25, -0.2) is 0 Å². The third-order valence-corrected chi connectivity index (χ3v) is 8.56. The maximum atomic E-state index is 14.1. The zero-order valence-corrected chi connectivity index (χ0v) is 27.8. The van der Waals surface area contributed by atoms with Gasteiger partial charge in [0, 0.05) is 36.1 Å². The van der Waals surface area contributed by atoms with E-state index in [-0.39, 0.29) is 48.2 Å². The molecule has 2 fully saturated rings. The smallest absolute Gasteiger partial charge is 0.167 e. The molecule has 2 aromatic rings. The van der Waals surface area contributed by atoms with Crippen LogP contribution < -0.4 is 9.47 Å². The number of nitrogens with zero attached hydrogens (tertiary/aromatic N) is 2. The molecule has 0 amide bonds. The Bertz CT molecular complexity index is 979. The molecule has 0 radical (unpaired) electrons. The van der Waals surface area contributed by atoms with Crippen LogP contribution in [-0.4, -0.2) is 73.8 Å². The van der Waals surface area contributed by atoms with E-state index < -0.39 is 0 Å². The fourth-order valence-corrected chi connectivity index (χ4v) is 6.37. The molecule has 8 heteroatoms. The molecule has 6 nitrogen and oxygen atoms in total. The van der Waals surface area contributed by atoms with Gasteiger partial charge in [0.25, 0.3) is 0 Å². The SMILES string of the molecule is CCOc1ccc(C(=O)C(CC(CN2CCCCCC2)C(=O)c2ccc(OCC)cc2)CN2CCCCCC2)cc1.Cl.Cl. The van der Waals surface area contributed by atoms with Crippen LogP contribution in [0.2, 0.25) is 0 Å². The Hall–Kier alpha value is -2.12. The van der Waals surface area contributed by atoms with Crippen LogP contribution in [0.3, 0.4) is 0 Å². The summed E-state index contributed by atoms with van der Waals surface area (Å²) >= 11 is 0. The first kappa shape index (κ1) is 37.1. The highest BCUT2D eigenvalue weighted by Crippen LogP contribution is 2.27. The molecule has 240 valence electrons. The van der Waals surface area contributed by atoms with Gasteiger partial charge in [-0.05, 0) is 121 Å². The first-order valence-electron chi connectivity index (χ1n) is 16.1. The van der Waals surface area contributed by atoms with Crippen LogP contribution in [0.4, 0.5) is 0 Å². The van der Waals surface area contributed by atoms with Crippen molar-refractivity contribution >= 4 is 36.4 Å². The second kappa shape index (κ2) is 20.0. The van der Waals surface area contributed by atoms with Crippen molar-refractivity contribution in [2.24, 2.45) is 11.8 Å². The van der Waals surface area contributed by atoms with Crippen molar-refractivity contribution in [1.82, 2.24) is 9.80 Å². The van der Waals surface area contributed by atoms with Gasteiger partial charge in [-0.15, -0.1) is 24.8 Å². The predicted octanol–water partition coefficient (Wildman–Crippen LogP) is 7.77. The Morgan fingerprint density at radius 2 is 0.907 bits per heavy atom. The average Bonchev–Trinajstić information content (AvgIpc) is 3.42. The van der Waals surface area contributed by atoms with Gasteiger partial charge in [-0.2, -0.15) is 0 Å². The van der Waals surface area contributed by atoms with Crippen molar-refractivity contribution in [3.63, 3.8) is 0 Å². The molecule has 0 bridgehead atoms. The van der Waals surface area contributed by atoms with Gasteiger partial charge in [0.1, 0.15) is 11.5 Å². The Morgan fingerprint density at radius 1 is 0.581 bits per heavy atom. The summed E-state index contributed by atoms with van der Waals surface area (Å²) in [5, 5.41) is 0. The molecular weight excluding hydrogens is 583 g/mol. The minimum absolute atomic E-state index is 0. The molecule has 0 saturated carbocycles. The van der Waals surface area contributed by atoms with Gasteiger partial charge in [0.05, 0.1) is 13.2 Å². The summed E-state index contributed by atoms with van der Waals surface area (Å²) in [4.78, 5) is 33.2. The molecule has 2 aliphatic rings. The highest BCUT2D eigenvalue weighted by molar-refractivity contribution is 6.00. The number of halogens is 2. The molecule has 2 aliphatic heterocycles. The molecule has 2 unspecified atom stereocenters. The molecule has 0 aliphatic carbocycles. The quantitative estimate of drug-likeness (QED) is 0.198. The van der Waals surface area contributed by atoms with Crippen LogP contribution in [0.25, 0.3) is 0 Å². The molecule has 2 atom stereocenters. The molecule has 43 heavy (non-hydrogen) atoms. The topological polar surface area (TPSA) is 59.1 Å². The lowest BCUT2D eigenvalue weighted by Crippen LogP contribution is -2.39. The molecule has 4 rings (SSSR count). The number of ether oxygens (including phenoxy) is 2. The normalized spacial score (nSPS) is 17.7. The number of likely N-dealkylation sites (tertiary alicyclic amines) is 2. The fraction of sp³-hybridized carbons (Fsp3) is 0.600. The lowest BCUT2D eigenvalue weighted by atomic mass is 9.83. The predicted molar refractivity (Wildman–Crippen MR) is 180 cm³/mol. The van der Waals surface area contributed by atoms with Crippen molar-refractivity contribution in [2.75, 3.05) is 52.5 Å². The third-order valence-electron chi connectivity index (χ3n) is 8.56. The summed E-state index contributed by atoms with van der Waals surface area (Å²) < 4.78 is 11.2. The minimum Gasteiger partial charge on any atom is -0.494 e. The summed E-state index contributed by atoms with van der Waals surface area (Å²) in [6.07, 6.45) is 10.3. The van der Waals surface area contributed by atoms with Gasteiger partial charge < -0.3 is 19.3 Å². The van der Waals surface area contributed by atoms with Crippen LogP contribution in [-0.2, 0) is 0 Å². The summed E-state index contributed by atoms with van der Waals surface area (Å²) in [7, 11) is 0. The van der Waals surface area contributed by atoms with E-state index in [1.807, 2.05) is 62.4 Å². The number of carbonyl (C=O) groups excluding carboxylic acids is 2. The van der Waals surface area contributed by atoms with Gasteiger partial charge in [0.15, 0.2) is 11.6 Å². The van der Waals surface area contributed by atoms with Crippen LogP contribution in [0.5, 0.6) is 11.5 Å². The fourth-order valence-electron chi connectivity index (χ4n) is 6.37. The molecule has 0 aromatic heterocycles. The number of hydrogen-bond acceptors (Lipinski definition) is 6. The molecule has 2 saturated heterocycles. The van der Waals surface area contributed by atoms with Crippen LogP contribution in [0.15, 0.2) is 48.5 Å². The Morgan fingerprint density at radius 3 is 1.21 bits per heavy atom. The van der Waals surface area contributed by atoms with Crippen molar-refractivity contribution in [3.8, 4) is 11.5 Å². The van der Waals surface area contributed by atoms with E-state index in [0.717, 1.165) is 37.7 Å². The van der Waals surface area contributed by atoms with Gasteiger partial charge >= 0.3 is 0 Å². The number of benzene rings is 2. The van der Waals surface area contributed by atoms with Crippen molar-refractivity contribution in [1.29, 1.82) is 0 Å². The molecular formula is C35H52Cl2N2O4. The Kier molecular flexibility index (Phi) is 17.3. The highest BCUT2D eigenvalue weighted by atomic mass is 35.5. The van der Waals surface area contributed by atoms with E-state index in [1.165, 1.54) is 51.4 Å². The molecule has 2 heterocycles. The lowest BCUT2D eigenvalue weighted by molar-refractivity contribution is 0.0775. The zero-order valence-electron chi connectivity index (χ0n) is 26.1. The zero-order chi connectivity index (χ0) is 28.9.